The Morgan fingerprint density at radius 1 is 0.667 bits per heavy atom. The van der Waals surface area contributed by atoms with E-state index in [2.05, 4.69) is 83.1 Å². The quantitative estimate of drug-likeness (QED) is 0.0154. The van der Waals surface area contributed by atoms with Crippen molar-refractivity contribution in [3.63, 3.8) is 0 Å². The molecule has 0 aliphatic carbocycles. The van der Waals surface area contributed by atoms with Gasteiger partial charge in [-0.2, -0.15) is 9.29 Å². The number of phosphoric acid groups is 2. The molecule has 0 spiro atoms. The molecule has 75 heavy (non-hydrogen) atoms. The molecular weight excluding hydrogens is 1010 g/mol. The first kappa shape index (κ1) is 66.5. The summed E-state index contributed by atoms with van der Waals surface area (Å²) in [6, 6.07) is 1.24. The Bertz CT molecular complexity index is 2190. The van der Waals surface area contributed by atoms with Gasteiger partial charge in [0.2, 0.25) is 0 Å². The highest BCUT2D eigenvalue weighted by Gasteiger charge is 2.46. The van der Waals surface area contributed by atoms with Crippen LogP contribution in [0, 0.1) is 0 Å². The topological polar surface area (TPSA) is 286 Å². The number of carbonyl (C=O) groups is 2. The van der Waals surface area contributed by atoms with E-state index in [1.165, 1.54) is 25.3 Å². The number of anilines is 1. The van der Waals surface area contributed by atoms with Gasteiger partial charge in [0.1, 0.15) is 30.7 Å². The second-order valence-corrected chi connectivity index (χ2v) is 20.4. The Hall–Kier alpha value is -4.62. The maximum Gasteiger partial charge on any atom is 0.481 e. The second kappa shape index (κ2) is 41.5. The maximum atomic E-state index is 12.9. The van der Waals surface area contributed by atoms with E-state index >= 15 is 0 Å². The van der Waals surface area contributed by atoms with Crippen LogP contribution in [-0.2, 0) is 46.3 Å². The van der Waals surface area contributed by atoms with E-state index in [0.717, 1.165) is 81.4 Å². The molecule has 2 rings (SSSR count). The van der Waals surface area contributed by atoms with Crippen LogP contribution >= 0.6 is 15.6 Å². The smallest absolute Gasteiger partial charge is 0.462 e. The lowest BCUT2D eigenvalue weighted by Crippen LogP contribution is -2.36. The zero-order valence-electron chi connectivity index (χ0n) is 43.5. The summed E-state index contributed by atoms with van der Waals surface area (Å²) in [6.45, 7) is -0.00862. The third kappa shape index (κ3) is 33.9. The summed E-state index contributed by atoms with van der Waals surface area (Å²) in [4.78, 5) is 61.9. The zero-order chi connectivity index (χ0) is 54.8. The van der Waals surface area contributed by atoms with Gasteiger partial charge in [-0.15, -0.1) is 0 Å². The zero-order valence-corrected chi connectivity index (χ0v) is 45.3. The molecule has 0 saturated carbocycles. The first-order chi connectivity index (χ1) is 36.2. The molecule has 0 radical (unpaired) electrons. The van der Waals surface area contributed by atoms with Crippen molar-refractivity contribution in [3.05, 3.63) is 132 Å². The number of rotatable bonds is 42. The minimum atomic E-state index is -5.46. The first-order valence-electron chi connectivity index (χ1n) is 26.0. The average molecular weight is 1090 g/mol. The number of carbonyl (C=O) groups excluding carboxylic acids is 2. The minimum Gasteiger partial charge on any atom is -0.462 e. The molecule has 1 saturated heterocycles. The summed E-state index contributed by atoms with van der Waals surface area (Å²) in [5.41, 5.74) is 4.57. The lowest BCUT2D eigenvalue weighted by Gasteiger charge is -2.21. The number of hydrogen-bond acceptors (Lipinski definition) is 16. The molecule has 7 atom stereocenters. The van der Waals surface area contributed by atoms with Gasteiger partial charge in [-0.1, -0.05) is 136 Å². The van der Waals surface area contributed by atoms with Crippen LogP contribution in [0.5, 0.6) is 0 Å². The summed E-state index contributed by atoms with van der Waals surface area (Å²) in [5, 5.41) is 29.7. The van der Waals surface area contributed by atoms with E-state index in [1.807, 2.05) is 36.5 Å². The molecule has 0 aromatic carbocycles. The fourth-order valence-corrected chi connectivity index (χ4v) is 8.96. The monoisotopic (exact) mass is 1090 g/mol. The molecule has 2 unspecified atom stereocenters. The van der Waals surface area contributed by atoms with Gasteiger partial charge in [-0.25, -0.2) is 13.9 Å². The van der Waals surface area contributed by atoms with E-state index in [4.69, 9.17) is 34.1 Å². The van der Waals surface area contributed by atoms with E-state index in [9.17, 15) is 43.5 Å². The van der Waals surface area contributed by atoms with Crippen molar-refractivity contribution in [2.24, 2.45) is 0 Å². The average Bonchev–Trinajstić information content (AvgIpc) is 3.65. The fraction of sp³-hybridized carbons (Fsp3) is 0.556. The SMILES string of the molecule is CCCCC/C=C\C/C=C\C/C=C\C/C=C\C/C=C\CCC(=O)O[C@H](COC(=O)CCC/C=C\C/C=C\C/C=C\C/C=C\CCCCCO)COP(=O)(O)OP(=O)(O)OC[C@H]1O[C@@H](n2ccc(N)nc2=O)[C@H](O)[C@@H]1O. The fourth-order valence-electron chi connectivity index (χ4n) is 6.85. The minimum absolute atomic E-state index is 0.0191. The highest BCUT2D eigenvalue weighted by atomic mass is 31.3. The number of phosphoric ester groups is 2. The lowest BCUT2D eigenvalue weighted by atomic mass is 10.1. The van der Waals surface area contributed by atoms with Crippen molar-refractivity contribution in [1.29, 1.82) is 0 Å². The van der Waals surface area contributed by atoms with Crippen molar-refractivity contribution in [2.45, 2.75) is 166 Å². The number of aliphatic hydroxyl groups is 3. The number of aliphatic hydroxyl groups excluding tert-OH is 3. The third-order valence-corrected chi connectivity index (χ3v) is 13.5. The Balaban J connectivity index is 1.86. The summed E-state index contributed by atoms with van der Waals surface area (Å²) in [5.74, 6) is -1.49. The first-order valence-corrected chi connectivity index (χ1v) is 29.0. The number of nitrogens with zero attached hydrogens (tertiary/aromatic N) is 2. The summed E-state index contributed by atoms with van der Waals surface area (Å²) in [6.07, 6.45) is 46.3. The summed E-state index contributed by atoms with van der Waals surface area (Å²) >= 11 is 0. The van der Waals surface area contributed by atoms with Crippen LogP contribution in [0.3, 0.4) is 0 Å². The number of ether oxygens (including phenoxy) is 3. The normalized spacial score (nSPS) is 19.7. The van der Waals surface area contributed by atoms with Gasteiger partial charge in [-0.05, 0) is 102 Å². The molecule has 19 nitrogen and oxygen atoms in total. The van der Waals surface area contributed by atoms with Crippen LogP contribution in [0.25, 0.3) is 0 Å². The van der Waals surface area contributed by atoms with Crippen LogP contribution in [0.1, 0.15) is 142 Å². The predicted octanol–water partition coefficient (Wildman–Crippen LogP) is 9.97. The van der Waals surface area contributed by atoms with Crippen molar-refractivity contribution in [3.8, 4) is 0 Å². The highest BCUT2D eigenvalue weighted by molar-refractivity contribution is 7.61. The van der Waals surface area contributed by atoms with Gasteiger partial charge in [0.15, 0.2) is 12.3 Å². The largest absolute Gasteiger partial charge is 0.481 e. The number of nitrogens with two attached hydrogens (primary N) is 1. The number of allylic oxidation sites excluding steroid dienone is 18. The van der Waals surface area contributed by atoms with Crippen molar-refractivity contribution < 1.29 is 71.4 Å². The van der Waals surface area contributed by atoms with Gasteiger partial charge in [0, 0.05) is 25.6 Å². The summed E-state index contributed by atoms with van der Waals surface area (Å²) in [7, 11) is -10.9. The molecular formula is C54H83N3O16P2. The number of unbranched alkanes of at least 4 members (excludes halogenated alkanes) is 7. The second-order valence-electron chi connectivity index (χ2n) is 17.4. The number of hydrogen-bond donors (Lipinski definition) is 6. The summed E-state index contributed by atoms with van der Waals surface area (Å²) < 4.78 is 56.6. The van der Waals surface area contributed by atoms with E-state index in [-0.39, 0.29) is 25.3 Å². The molecule has 2 heterocycles. The lowest BCUT2D eigenvalue weighted by molar-refractivity contribution is -0.161. The third-order valence-electron chi connectivity index (χ3n) is 10.9. The molecule has 1 aliphatic rings. The van der Waals surface area contributed by atoms with Crippen LogP contribution in [0.15, 0.2) is 126 Å². The molecule has 1 aromatic rings. The standard InChI is InChI=1S/C54H83N3O16P2/c1-2-3-4-5-6-7-8-9-10-11-12-14-18-21-24-27-30-33-36-39-50(60)71-46(43-68-49(59)38-35-32-29-26-23-20-17-15-13-16-19-22-25-28-31-34-37-42-58)44-69-74(64,65)73-75(66,67)70-45-47-51(61)52(62)53(72-47)57-41-40-48(55)56-54(57)63/h6-7,9-10,12-14,16-17,20-22,24-26,29-30,33,40-41,46-47,51-53,58,61-62H,2-5,8,11,15,18-19,23,27-28,31-32,34-39,42-45H2,1H3,(H,64,65)(H,66,67)(H2,55,56,63)/b7-6-,10-9-,14-12-,16-13-,20-17-,24-21-,25-22-,29-26-,33-30-/t46-,47-,51-,52-,53-/m1/s1. The molecule has 0 amide bonds. The van der Waals surface area contributed by atoms with Crippen LogP contribution in [-0.4, -0.2) is 97.4 Å². The Kier molecular flexibility index (Phi) is 36.8. The van der Waals surface area contributed by atoms with Gasteiger partial charge in [0.05, 0.1) is 13.2 Å². The molecule has 1 fully saturated rings. The number of esters is 2. The van der Waals surface area contributed by atoms with E-state index < -0.39 is 83.7 Å². The van der Waals surface area contributed by atoms with E-state index in [1.54, 1.807) is 6.08 Å². The number of aromatic nitrogens is 2. The Morgan fingerprint density at radius 3 is 1.68 bits per heavy atom. The Morgan fingerprint density at radius 2 is 1.16 bits per heavy atom. The van der Waals surface area contributed by atoms with E-state index in [0.29, 0.717) is 25.7 Å². The van der Waals surface area contributed by atoms with Crippen molar-refractivity contribution in [1.82, 2.24) is 9.55 Å². The highest BCUT2D eigenvalue weighted by Crippen LogP contribution is 2.60. The maximum absolute atomic E-state index is 12.9. The molecule has 420 valence electrons. The molecule has 1 aliphatic heterocycles. The van der Waals surface area contributed by atoms with Crippen molar-refractivity contribution >= 4 is 33.4 Å². The predicted molar refractivity (Wildman–Crippen MR) is 290 cm³/mol. The van der Waals surface area contributed by atoms with Gasteiger partial charge in [0.25, 0.3) is 0 Å². The molecule has 7 N–H and O–H groups in total. The van der Waals surface area contributed by atoms with Crippen molar-refractivity contribution in [2.75, 3.05) is 32.2 Å². The van der Waals surface area contributed by atoms with Gasteiger partial charge in [-0.3, -0.25) is 23.2 Å². The van der Waals surface area contributed by atoms with Crippen LogP contribution < -0.4 is 11.4 Å². The van der Waals surface area contributed by atoms with Crippen LogP contribution in [0.2, 0.25) is 0 Å². The number of nitrogen functional groups attached to an aromatic ring is 1. The molecule has 0 bridgehead atoms. The molecule has 21 heteroatoms. The molecule has 1 aromatic heterocycles. The van der Waals surface area contributed by atoms with Gasteiger partial charge >= 0.3 is 33.3 Å². The van der Waals surface area contributed by atoms with Crippen LogP contribution in [0.4, 0.5) is 5.82 Å². The van der Waals surface area contributed by atoms with Gasteiger partial charge < -0.3 is 45.1 Å². The Labute approximate surface area is 443 Å².